The van der Waals surface area contributed by atoms with E-state index >= 15 is 0 Å². The zero-order valence-corrected chi connectivity index (χ0v) is 14.3. The van der Waals surface area contributed by atoms with Crippen molar-refractivity contribution in [2.75, 3.05) is 36.8 Å². The average Bonchev–Trinajstić information content (AvgIpc) is 2.86. The summed E-state index contributed by atoms with van der Waals surface area (Å²) in [5, 5.41) is 3.29. The molecule has 0 unspecified atom stereocenters. The SMILES string of the molecule is Nc1cc(N2CCCNCC2)ccc1S(=O)(=O)c1ccc(F)c(F)c1. The molecule has 0 saturated carbocycles. The van der Waals surface area contributed by atoms with Gasteiger partial charge >= 0.3 is 0 Å². The van der Waals surface area contributed by atoms with Gasteiger partial charge in [-0.05, 0) is 49.4 Å². The first-order valence-electron chi connectivity index (χ1n) is 7.95. The molecule has 2 aromatic rings. The van der Waals surface area contributed by atoms with Gasteiger partial charge in [-0.1, -0.05) is 0 Å². The maximum absolute atomic E-state index is 13.4. The molecule has 1 saturated heterocycles. The first kappa shape index (κ1) is 17.6. The molecule has 0 aromatic heterocycles. The molecule has 0 radical (unpaired) electrons. The number of anilines is 2. The maximum Gasteiger partial charge on any atom is 0.208 e. The lowest BCUT2D eigenvalue weighted by Crippen LogP contribution is -2.27. The van der Waals surface area contributed by atoms with Gasteiger partial charge in [-0.25, -0.2) is 17.2 Å². The normalized spacial score (nSPS) is 15.8. The summed E-state index contributed by atoms with van der Waals surface area (Å²) in [6, 6.07) is 7.20. The molecule has 0 aliphatic carbocycles. The summed E-state index contributed by atoms with van der Waals surface area (Å²) in [6.45, 7) is 3.43. The van der Waals surface area contributed by atoms with Crippen molar-refractivity contribution < 1.29 is 17.2 Å². The minimum Gasteiger partial charge on any atom is -0.398 e. The Morgan fingerprint density at radius 1 is 1.00 bits per heavy atom. The van der Waals surface area contributed by atoms with Gasteiger partial charge in [0, 0.05) is 25.3 Å². The van der Waals surface area contributed by atoms with E-state index in [2.05, 4.69) is 10.2 Å². The van der Waals surface area contributed by atoms with Crippen LogP contribution in [0.1, 0.15) is 6.42 Å². The van der Waals surface area contributed by atoms with Crippen molar-refractivity contribution in [3.63, 3.8) is 0 Å². The molecule has 5 nitrogen and oxygen atoms in total. The summed E-state index contributed by atoms with van der Waals surface area (Å²) in [4.78, 5) is 1.68. The largest absolute Gasteiger partial charge is 0.398 e. The van der Waals surface area contributed by atoms with Crippen molar-refractivity contribution >= 4 is 21.2 Å². The van der Waals surface area contributed by atoms with E-state index in [1.165, 1.54) is 6.07 Å². The van der Waals surface area contributed by atoms with E-state index in [0.717, 1.165) is 50.4 Å². The van der Waals surface area contributed by atoms with Crippen LogP contribution in [0.5, 0.6) is 0 Å². The summed E-state index contributed by atoms with van der Waals surface area (Å²) in [6.07, 6.45) is 0.981. The van der Waals surface area contributed by atoms with Crippen LogP contribution in [0.2, 0.25) is 0 Å². The Bertz CT molecular complexity index is 879. The van der Waals surface area contributed by atoms with E-state index in [1.807, 2.05) is 0 Å². The van der Waals surface area contributed by atoms with Crippen molar-refractivity contribution in [3.05, 3.63) is 48.0 Å². The first-order valence-corrected chi connectivity index (χ1v) is 9.43. The van der Waals surface area contributed by atoms with E-state index in [-0.39, 0.29) is 15.5 Å². The van der Waals surface area contributed by atoms with Gasteiger partial charge in [0.05, 0.1) is 15.5 Å². The lowest BCUT2D eigenvalue weighted by molar-refractivity contribution is 0.504. The molecule has 1 heterocycles. The third kappa shape index (κ3) is 3.59. The molecule has 3 N–H and O–H groups in total. The number of hydrogen-bond acceptors (Lipinski definition) is 5. The predicted octanol–water partition coefficient (Wildman–Crippen LogP) is 2.18. The highest BCUT2D eigenvalue weighted by atomic mass is 32.2. The fraction of sp³-hybridized carbons (Fsp3) is 0.294. The molecular formula is C17H19F2N3O2S. The molecule has 1 aliphatic heterocycles. The van der Waals surface area contributed by atoms with Crippen molar-refractivity contribution in [3.8, 4) is 0 Å². The van der Waals surface area contributed by atoms with E-state index in [9.17, 15) is 17.2 Å². The molecule has 1 aliphatic rings. The zero-order valence-electron chi connectivity index (χ0n) is 13.5. The highest BCUT2D eigenvalue weighted by Gasteiger charge is 2.23. The van der Waals surface area contributed by atoms with E-state index < -0.39 is 21.5 Å². The Hall–Kier alpha value is -2.19. The Morgan fingerprint density at radius 3 is 2.52 bits per heavy atom. The summed E-state index contributed by atoms with van der Waals surface area (Å²) >= 11 is 0. The summed E-state index contributed by atoms with van der Waals surface area (Å²) < 4.78 is 51.8. The molecule has 2 aromatic carbocycles. The molecule has 8 heteroatoms. The number of benzene rings is 2. The summed E-state index contributed by atoms with van der Waals surface area (Å²) in [5.74, 6) is -2.31. The third-order valence-electron chi connectivity index (χ3n) is 4.19. The van der Waals surface area contributed by atoms with Crippen LogP contribution in [0.25, 0.3) is 0 Å². The monoisotopic (exact) mass is 367 g/mol. The summed E-state index contributed by atoms with van der Waals surface area (Å²) in [5.41, 5.74) is 6.89. The second-order valence-electron chi connectivity index (χ2n) is 5.89. The van der Waals surface area contributed by atoms with Gasteiger partial charge in [0.15, 0.2) is 11.6 Å². The van der Waals surface area contributed by atoms with Crippen LogP contribution in [-0.4, -0.2) is 34.6 Å². The Balaban J connectivity index is 1.95. The highest BCUT2D eigenvalue weighted by Crippen LogP contribution is 2.30. The molecule has 0 spiro atoms. The van der Waals surface area contributed by atoms with Gasteiger partial charge in [0.25, 0.3) is 0 Å². The maximum atomic E-state index is 13.4. The van der Waals surface area contributed by atoms with Crippen LogP contribution in [0.15, 0.2) is 46.2 Å². The van der Waals surface area contributed by atoms with Gasteiger partial charge in [0.1, 0.15) is 0 Å². The fourth-order valence-electron chi connectivity index (χ4n) is 2.85. The Kier molecular flexibility index (Phi) is 4.91. The van der Waals surface area contributed by atoms with Crippen molar-refractivity contribution in [1.82, 2.24) is 5.32 Å². The minimum absolute atomic E-state index is 0.0828. The Morgan fingerprint density at radius 2 is 1.80 bits per heavy atom. The standard InChI is InChI=1S/C17H19F2N3O2S/c18-14-4-3-13(11-15(14)19)25(23,24)17-5-2-12(10-16(17)20)22-8-1-6-21-7-9-22/h2-5,10-11,21H,1,6-9,20H2. The smallest absolute Gasteiger partial charge is 0.208 e. The Labute approximate surface area is 145 Å². The van der Waals surface area contributed by atoms with Gasteiger partial charge in [0.2, 0.25) is 9.84 Å². The van der Waals surface area contributed by atoms with Crippen LogP contribution >= 0.6 is 0 Å². The lowest BCUT2D eigenvalue weighted by atomic mass is 10.2. The van der Waals surface area contributed by atoms with Gasteiger partial charge in [-0.3, -0.25) is 0 Å². The topological polar surface area (TPSA) is 75.4 Å². The van der Waals surface area contributed by atoms with Crippen molar-refractivity contribution in [1.29, 1.82) is 0 Å². The number of hydrogen-bond donors (Lipinski definition) is 2. The second kappa shape index (κ2) is 6.97. The molecule has 3 rings (SSSR count). The van der Waals surface area contributed by atoms with Crippen LogP contribution in [-0.2, 0) is 9.84 Å². The molecule has 0 bridgehead atoms. The van der Waals surface area contributed by atoms with Gasteiger partial charge in [-0.2, -0.15) is 0 Å². The number of rotatable bonds is 3. The van der Waals surface area contributed by atoms with E-state index in [0.29, 0.717) is 6.07 Å². The van der Waals surface area contributed by atoms with Crippen molar-refractivity contribution in [2.45, 2.75) is 16.2 Å². The number of halogens is 2. The van der Waals surface area contributed by atoms with Crippen LogP contribution in [0, 0.1) is 11.6 Å². The van der Waals surface area contributed by atoms with Gasteiger partial charge in [-0.15, -0.1) is 0 Å². The lowest BCUT2D eigenvalue weighted by Gasteiger charge is -2.23. The fourth-order valence-corrected chi connectivity index (χ4v) is 4.23. The van der Waals surface area contributed by atoms with Crippen LogP contribution < -0.4 is 16.0 Å². The highest BCUT2D eigenvalue weighted by molar-refractivity contribution is 7.91. The summed E-state index contributed by atoms with van der Waals surface area (Å²) in [7, 11) is -4.03. The van der Waals surface area contributed by atoms with Crippen molar-refractivity contribution in [2.24, 2.45) is 0 Å². The van der Waals surface area contributed by atoms with E-state index in [1.54, 1.807) is 12.1 Å². The number of sulfone groups is 1. The second-order valence-corrected chi connectivity index (χ2v) is 7.81. The van der Waals surface area contributed by atoms with Crippen LogP contribution in [0.3, 0.4) is 0 Å². The quantitative estimate of drug-likeness (QED) is 0.642. The predicted molar refractivity (Wildman–Crippen MR) is 92.4 cm³/mol. The molecular weight excluding hydrogens is 348 g/mol. The number of nitrogens with zero attached hydrogens (tertiary/aromatic N) is 1. The zero-order chi connectivity index (χ0) is 18.0. The molecule has 0 amide bonds. The molecule has 134 valence electrons. The third-order valence-corrected chi connectivity index (χ3v) is 6.01. The number of nitrogen functional groups attached to an aromatic ring is 1. The number of nitrogens with one attached hydrogen (secondary N) is 1. The molecule has 25 heavy (non-hydrogen) atoms. The average molecular weight is 367 g/mol. The minimum atomic E-state index is -4.03. The molecule has 0 atom stereocenters. The molecule has 1 fully saturated rings. The first-order chi connectivity index (χ1) is 11.9. The van der Waals surface area contributed by atoms with Crippen LogP contribution in [0.4, 0.5) is 20.2 Å². The number of nitrogens with two attached hydrogens (primary N) is 1. The van der Waals surface area contributed by atoms with E-state index in [4.69, 9.17) is 5.73 Å². The van der Waals surface area contributed by atoms with Gasteiger partial charge < -0.3 is 16.0 Å².